The Morgan fingerprint density at radius 2 is 1.96 bits per heavy atom. The van der Waals surface area contributed by atoms with Gasteiger partial charge in [-0.25, -0.2) is 0 Å². The molecule has 2 rings (SSSR count). The van der Waals surface area contributed by atoms with E-state index in [0.717, 1.165) is 36.9 Å². The van der Waals surface area contributed by atoms with Gasteiger partial charge in [-0.3, -0.25) is 14.7 Å². The van der Waals surface area contributed by atoms with E-state index >= 15 is 0 Å². The molecule has 1 heterocycles. The van der Waals surface area contributed by atoms with Crippen molar-refractivity contribution in [3.63, 3.8) is 0 Å². The lowest BCUT2D eigenvalue weighted by molar-refractivity contribution is -0.120. The molecular weight excluding hydrogens is 410 g/mol. The second-order valence-electron chi connectivity index (χ2n) is 6.59. The molecule has 8 heteroatoms. The molecule has 7 nitrogen and oxygen atoms in total. The van der Waals surface area contributed by atoms with Gasteiger partial charge in [0.05, 0.1) is 13.2 Å². The third-order valence-corrected chi connectivity index (χ3v) is 5.04. The van der Waals surface area contributed by atoms with Crippen molar-refractivity contribution >= 4 is 27.8 Å². The number of halogens is 1. The predicted octanol–water partition coefficient (Wildman–Crippen LogP) is 1.34. The predicted molar refractivity (Wildman–Crippen MR) is 112 cm³/mol. The maximum absolute atomic E-state index is 11.7. The van der Waals surface area contributed by atoms with Crippen LogP contribution in [-0.4, -0.2) is 69.8 Å². The van der Waals surface area contributed by atoms with Crippen molar-refractivity contribution in [2.24, 2.45) is 4.99 Å². The SMILES string of the molecule is CN=C(NCC(=O)NCCOC)NC1CCN(Cc2ccc(Br)cc2)CC1. The Labute approximate surface area is 170 Å². The molecule has 0 spiro atoms. The number of carbonyl (C=O) groups is 1. The van der Waals surface area contributed by atoms with Gasteiger partial charge in [0.2, 0.25) is 5.91 Å². The van der Waals surface area contributed by atoms with Crippen LogP contribution in [0.2, 0.25) is 0 Å². The van der Waals surface area contributed by atoms with Crippen molar-refractivity contribution < 1.29 is 9.53 Å². The zero-order valence-electron chi connectivity index (χ0n) is 16.1. The van der Waals surface area contributed by atoms with E-state index in [-0.39, 0.29) is 12.5 Å². The molecule has 1 amide bonds. The summed E-state index contributed by atoms with van der Waals surface area (Å²) in [5.41, 5.74) is 1.33. The molecule has 1 aliphatic heterocycles. The fourth-order valence-corrected chi connectivity index (χ4v) is 3.25. The number of likely N-dealkylation sites (tertiary alicyclic amines) is 1. The number of amides is 1. The number of benzene rings is 1. The monoisotopic (exact) mass is 439 g/mol. The quantitative estimate of drug-likeness (QED) is 0.323. The summed E-state index contributed by atoms with van der Waals surface area (Å²) >= 11 is 3.48. The minimum Gasteiger partial charge on any atom is -0.383 e. The van der Waals surface area contributed by atoms with Crippen LogP contribution >= 0.6 is 15.9 Å². The molecule has 1 aromatic rings. The second kappa shape index (κ2) is 11.9. The Bertz CT molecular complexity index is 601. The van der Waals surface area contributed by atoms with E-state index < -0.39 is 0 Å². The van der Waals surface area contributed by atoms with Crippen LogP contribution in [0.25, 0.3) is 0 Å². The summed E-state index contributed by atoms with van der Waals surface area (Å²) in [5.74, 6) is 0.600. The van der Waals surface area contributed by atoms with Crippen LogP contribution in [0.15, 0.2) is 33.7 Å². The van der Waals surface area contributed by atoms with Crippen LogP contribution in [0.4, 0.5) is 0 Å². The number of nitrogens with zero attached hydrogens (tertiary/aromatic N) is 2. The summed E-state index contributed by atoms with van der Waals surface area (Å²) in [5, 5.41) is 9.27. The fourth-order valence-electron chi connectivity index (χ4n) is 2.99. The van der Waals surface area contributed by atoms with Crippen LogP contribution in [0, 0.1) is 0 Å². The average Bonchev–Trinajstić information content (AvgIpc) is 2.68. The van der Waals surface area contributed by atoms with E-state index in [4.69, 9.17) is 4.74 Å². The Kier molecular flexibility index (Phi) is 9.58. The highest BCUT2D eigenvalue weighted by Gasteiger charge is 2.20. The summed E-state index contributed by atoms with van der Waals surface area (Å²) in [6, 6.07) is 8.87. The number of guanidine groups is 1. The number of nitrogens with one attached hydrogen (secondary N) is 3. The third-order valence-electron chi connectivity index (χ3n) is 4.52. The minimum absolute atomic E-state index is 0.0701. The maximum Gasteiger partial charge on any atom is 0.239 e. The van der Waals surface area contributed by atoms with Crippen LogP contribution in [0.5, 0.6) is 0 Å². The molecule has 0 aliphatic carbocycles. The van der Waals surface area contributed by atoms with Gasteiger partial charge in [0, 0.05) is 50.9 Å². The molecule has 0 aromatic heterocycles. The summed E-state index contributed by atoms with van der Waals surface area (Å²) in [6.07, 6.45) is 2.11. The first-order valence-electron chi connectivity index (χ1n) is 9.30. The van der Waals surface area contributed by atoms with E-state index in [9.17, 15) is 4.79 Å². The van der Waals surface area contributed by atoms with Crippen LogP contribution in [0.1, 0.15) is 18.4 Å². The lowest BCUT2D eigenvalue weighted by Crippen LogP contribution is -2.50. The molecule has 0 radical (unpaired) electrons. The molecular formula is C19H30BrN5O2. The molecule has 0 atom stereocenters. The second-order valence-corrected chi connectivity index (χ2v) is 7.51. The highest BCUT2D eigenvalue weighted by molar-refractivity contribution is 9.10. The van der Waals surface area contributed by atoms with Crippen molar-refractivity contribution in [3.05, 3.63) is 34.3 Å². The molecule has 1 aliphatic rings. The van der Waals surface area contributed by atoms with Gasteiger partial charge in [0.25, 0.3) is 0 Å². The summed E-state index contributed by atoms with van der Waals surface area (Å²) in [4.78, 5) is 18.4. The van der Waals surface area contributed by atoms with E-state index in [2.05, 4.69) is 66.0 Å². The number of hydrogen-bond donors (Lipinski definition) is 3. The molecule has 0 saturated carbocycles. The van der Waals surface area contributed by atoms with Gasteiger partial charge in [0.1, 0.15) is 0 Å². The number of hydrogen-bond acceptors (Lipinski definition) is 4. The van der Waals surface area contributed by atoms with Gasteiger partial charge in [-0.2, -0.15) is 0 Å². The zero-order chi connectivity index (χ0) is 19.5. The number of piperidine rings is 1. The van der Waals surface area contributed by atoms with Gasteiger partial charge in [-0.05, 0) is 30.5 Å². The smallest absolute Gasteiger partial charge is 0.239 e. The fraction of sp³-hybridized carbons (Fsp3) is 0.579. The largest absolute Gasteiger partial charge is 0.383 e. The number of ether oxygens (including phenoxy) is 1. The summed E-state index contributed by atoms with van der Waals surface area (Å²) in [7, 11) is 3.33. The average molecular weight is 440 g/mol. The van der Waals surface area contributed by atoms with E-state index in [1.807, 2.05) is 0 Å². The normalized spacial score (nSPS) is 16.2. The molecule has 1 fully saturated rings. The number of aliphatic imine (C=N–C) groups is 1. The first-order chi connectivity index (χ1) is 13.1. The van der Waals surface area contributed by atoms with Gasteiger partial charge in [0.15, 0.2) is 5.96 Å². The molecule has 150 valence electrons. The number of methoxy groups -OCH3 is 1. The third kappa shape index (κ3) is 8.28. The topological polar surface area (TPSA) is 78.0 Å². The molecule has 0 unspecified atom stereocenters. The Morgan fingerprint density at radius 3 is 2.59 bits per heavy atom. The minimum atomic E-state index is -0.0701. The van der Waals surface area contributed by atoms with E-state index in [0.29, 0.717) is 25.2 Å². The van der Waals surface area contributed by atoms with Crippen LogP contribution in [0.3, 0.4) is 0 Å². The first kappa shape index (κ1) is 21.7. The Hall–Kier alpha value is -1.64. The standard InChI is InChI=1S/C19H30BrN5O2/c1-21-19(23-13-18(26)22-9-12-27-2)24-17-7-10-25(11-8-17)14-15-3-5-16(20)6-4-15/h3-6,17H,7-14H2,1-2H3,(H,22,26)(H2,21,23,24). The summed E-state index contributed by atoms with van der Waals surface area (Å²) in [6.45, 7) is 4.29. The number of rotatable bonds is 8. The van der Waals surface area contributed by atoms with E-state index in [1.165, 1.54) is 5.56 Å². The lowest BCUT2D eigenvalue weighted by atomic mass is 10.0. The molecule has 0 bridgehead atoms. The molecule has 1 saturated heterocycles. The van der Waals surface area contributed by atoms with Crippen molar-refractivity contribution in [2.45, 2.75) is 25.4 Å². The van der Waals surface area contributed by atoms with E-state index in [1.54, 1.807) is 14.2 Å². The van der Waals surface area contributed by atoms with Crippen LogP contribution in [-0.2, 0) is 16.1 Å². The maximum atomic E-state index is 11.7. The van der Waals surface area contributed by atoms with Crippen molar-refractivity contribution in [3.8, 4) is 0 Å². The summed E-state index contributed by atoms with van der Waals surface area (Å²) < 4.78 is 6.03. The van der Waals surface area contributed by atoms with Gasteiger partial charge in [-0.15, -0.1) is 0 Å². The van der Waals surface area contributed by atoms with Gasteiger partial charge >= 0.3 is 0 Å². The van der Waals surface area contributed by atoms with Gasteiger partial charge < -0.3 is 20.7 Å². The number of carbonyl (C=O) groups excluding carboxylic acids is 1. The zero-order valence-corrected chi connectivity index (χ0v) is 17.7. The van der Waals surface area contributed by atoms with Crippen molar-refractivity contribution in [1.29, 1.82) is 0 Å². The molecule has 3 N–H and O–H groups in total. The Morgan fingerprint density at radius 1 is 1.26 bits per heavy atom. The first-order valence-corrected chi connectivity index (χ1v) is 10.1. The molecule has 27 heavy (non-hydrogen) atoms. The van der Waals surface area contributed by atoms with Crippen molar-refractivity contribution in [2.75, 3.05) is 46.9 Å². The molecule has 1 aromatic carbocycles. The lowest BCUT2D eigenvalue weighted by Gasteiger charge is -2.33. The van der Waals surface area contributed by atoms with Crippen molar-refractivity contribution in [1.82, 2.24) is 20.9 Å². The van der Waals surface area contributed by atoms with Gasteiger partial charge in [-0.1, -0.05) is 28.1 Å². The Balaban J connectivity index is 1.67. The van der Waals surface area contributed by atoms with Crippen LogP contribution < -0.4 is 16.0 Å². The highest BCUT2D eigenvalue weighted by Crippen LogP contribution is 2.16. The highest BCUT2D eigenvalue weighted by atomic mass is 79.9.